The molecular weight excluding hydrogens is 183 g/mol. The molecule has 1 fully saturated rings. The molecule has 0 spiro atoms. The fraction of sp³-hybridized carbons (Fsp3) is 0.455. The van der Waals surface area contributed by atoms with Crippen molar-refractivity contribution >= 4 is 0 Å². The van der Waals surface area contributed by atoms with Crippen molar-refractivity contribution in [2.24, 2.45) is 0 Å². The highest BCUT2D eigenvalue weighted by Crippen LogP contribution is 2.32. The Balaban J connectivity index is 2.44. The average molecular weight is 196 g/mol. The van der Waals surface area contributed by atoms with Gasteiger partial charge >= 0.3 is 0 Å². The number of rotatable bonds is 1. The summed E-state index contributed by atoms with van der Waals surface area (Å²) in [6, 6.07) is 4.94. The fourth-order valence-corrected chi connectivity index (χ4v) is 1.66. The minimum Gasteiger partial charge on any atom is -0.344 e. The van der Waals surface area contributed by atoms with Gasteiger partial charge < -0.3 is 9.47 Å². The van der Waals surface area contributed by atoms with E-state index < -0.39 is 5.79 Å². The number of benzene rings is 1. The summed E-state index contributed by atoms with van der Waals surface area (Å²) in [5, 5.41) is 0. The minimum atomic E-state index is -0.907. The first kappa shape index (κ1) is 9.62. The smallest absolute Gasteiger partial charge is 0.194 e. The molecule has 0 N–H and O–H groups in total. The maximum atomic E-state index is 13.5. The molecule has 1 saturated heterocycles. The second-order valence-electron chi connectivity index (χ2n) is 3.63. The molecule has 1 heterocycles. The van der Waals surface area contributed by atoms with Gasteiger partial charge in [-0.05, 0) is 26.0 Å². The molecule has 1 aliphatic heterocycles. The maximum Gasteiger partial charge on any atom is 0.194 e. The molecular formula is C11H13FO2. The standard InChI is InChI=1S/C11H13FO2/c1-8-3-4-10(12)9(7-8)11(2)13-5-6-14-11/h3-4,7H,5-6H2,1-2H3. The summed E-state index contributed by atoms with van der Waals surface area (Å²) >= 11 is 0. The second-order valence-corrected chi connectivity index (χ2v) is 3.63. The van der Waals surface area contributed by atoms with Crippen molar-refractivity contribution in [3.05, 3.63) is 35.1 Å². The first-order chi connectivity index (χ1) is 6.62. The van der Waals surface area contributed by atoms with Crippen molar-refractivity contribution in [3.63, 3.8) is 0 Å². The lowest BCUT2D eigenvalue weighted by Gasteiger charge is -2.23. The summed E-state index contributed by atoms with van der Waals surface area (Å²) in [5.41, 5.74) is 1.48. The third-order valence-electron chi connectivity index (χ3n) is 2.45. The molecule has 0 atom stereocenters. The van der Waals surface area contributed by atoms with Crippen LogP contribution in [0.3, 0.4) is 0 Å². The van der Waals surface area contributed by atoms with Gasteiger partial charge in [0.1, 0.15) is 5.82 Å². The number of ether oxygens (including phenoxy) is 2. The molecule has 0 aliphatic carbocycles. The van der Waals surface area contributed by atoms with Crippen LogP contribution in [0.25, 0.3) is 0 Å². The molecule has 2 rings (SSSR count). The van der Waals surface area contributed by atoms with Crippen LogP contribution in [0.4, 0.5) is 4.39 Å². The number of aryl methyl sites for hydroxylation is 1. The molecule has 76 valence electrons. The molecule has 14 heavy (non-hydrogen) atoms. The summed E-state index contributed by atoms with van der Waals surface area (Å²) in [7, 11) is 0. The molecule has 0 bridgehead atoms. The maximum absolute atomic E-state index is 13.5. The molecule has 0 unspecified atom stereocenters. The number of hydrogen-bond donors (Lipinski definition) is 0. The predicted molar refractivity (Wildman–Crippen MR) is 50.4 cm³/mol. The zero-order valence-corrected chi connectivity index (χ0v) is 8.34. The van der Waals surface area contributed by atoms with Crippen LogP contribution >= 0.6 is 0 Å². The van der Waals surface area contributed by atoms with Crippen molar-refractivity contribution in [2.45, 2.75) is 19.6 Å². The van der Waals surface area contributed by atoms with E-state index in [1.807, 2.05) is 6.92 Å². The van der Waals surface area contributed by atoms with Crippen LogP contribution in [0.5, 0.6) is 0 Å². The lowest BCUT2D eigenvalue weighted by atomic mass is 10.0. The lowest BCUT2D eigenvalue weighted by molar-refractivity contribution is -0.151. The van der Waals surface area contributed by atoms with E-state index in [1.54, 1.807) is 19.1 Å². The Hall–Kier alpha value is -0.930. The predicted octanol–water partition coefficient (Wildman–Crippen LogP) is 2.35. The van der Waals surface area contributed by atoms with Gasteiger partial charge in [0.2, 0.25) is 0 Å². The summed E-state index contributed by atoms with van der Waals surface area (Å²) in [5.74, 6) is -1.18. The van der Waals surface area contributed by atoms with Gasteiger partial charge in [-0.1, -0.05) is 11.6 Å². The Labute approximate surface area is 82.6 Å². The highest BCUT2D eigenvalue weighted by Gasteiger charge is 2.35. The van der Waals surface area contributed by atoms with E-state index in [4.69, 9.17) is 9.47 Å². The van der Waals surface area contributed by atoms with Gasteiger partial charge in [-0.25, -0.2) is 4.39 Å². The molecule has 0 aromatic heterocycles. The quantitative estimate of drug-likeness (QED) is 0.686. The molecule has 0 radical (unpaired) electrons. The van der Waals surface area contributed by atoms with Gasteiger partial charge in [0.05, 0.1) is 13.2 Å². The molecule has 1 aromatic carbocycles. The largest absolute Gasteiger partial charge is 0.344 e. The zero-order chi connectivity index (χ0) is 10.2. The molecule has 3 heteroatoms. The minimum absolute atomic E-state index is 0.278. The molecule has 1 aromatic rings. The highest BCUT2D eigenvalue weighted by molar-refractivity contribution is 5.27. The molecule has 0 amide bonds. The Kier molecular flexibility index (Phi) is 2.29. The van der Waals surface area contributed by atoms with Gasteiger partial charge in [-0.2, -0.15) is 0 Å². The number of halogens is 1. The van der Waals surface area contributed by atoms with Gasteiger partial charge in [0.15, 0.2) is 5.79 Å². The molecule has 2 nitrogen and oxygen atoms in total. The summed E-state index contributed by atoms with van der Waals surface area (Å²) in [6.45, 7) is 4.70. The van der Waals surface area contributed by atoms with Crippen LogP contribution in [-0.2, 0) is 15.3 Å². The summed E-state index contributed by atoms with van der Waals surface area (Å²) in [4.78, 5) is 0. The van der Waals surface area contributed by atoms with E-state index in [-0.39, 0.29) is 5.82 Å². The van der Waals surface area contributed by atoms with Crippen molar-refractivity contribution < 1.29 is 13.9 Å². The summed E-state index contributed by atoms with van der Waals surface area (Å²) < 4.78 is 24.3. The Morgan fingerprint density at radius 2 is 1.93 bits per heavy atom. The first-order valence-electron chi connectivity index (χ1n) is 4.66. The third kappa shape index (κ3) is 1.53. The van der Waals surface area contributed by atoms with E-state index in [0.29, 0.717) is 18.8 Å². The topological polar surface area (TPSA) is 18.5 Å². The van der Waals surface area contributed by atoms with E-state index in [2.05, 4.69) is 0 Å². The van der Waals surface area contributed by atoms with Crippen LogP contribution in [0.1, 0.15) is 18.1 Å². The van der Waals surface area contributed by atoms with E-state index in [0.717, 1.165) is 5.56 Å². The van der Waals surface area contributed by atoms with Crippen LogP contribution < -0.4 is 0 Å². The zero-order valence-electron chi connectivity index (χ0n) is 8.34. The van der Waals surface area contributed by atoms with Crippen LogP contribution in [0.15, 0.2) is 18.2 Å². The highest BCUT2D eigenvalue weighted by atomic mass is 19.1. The molecule has 0 saturated carbocycles. The van der Waals surface area contributed by atoms with Crippen LogP contribution in [0.2, 0.25) is 0 Å². The van der Waals surface area contributed by atoms with E-state index in [1.165, 1.54) is 6.07 Å². The normalized spacial score (nSPS) is 19.9. The second kappa shape index (κ2) is 3.33. The van der Waals surface area contributed by atoms with E-state index in [9.17, 15) is 4.39 Å². The number of hydrogen-bond acceptors (Lipinski definition) is 2. The van der Waals surface area contributed by atoms with Crippen molar-refractivity contribution in [1.82, 2.24) is 0 Å². The van der Waals surface area contributed by atoms with Crippen LogP contribution in [-0.4, -0.2) is 13.2 Å². The molecule has 1 aliphatic rings. The SMILES string of the molecule is Cc1ccc(F)c(C2(C)OCCO2)c1. The van der Waals surface area contributed by atoms with Crippen molar-refractivity contribution in [1.29, 1.82) is 0 Å². The summed E-state index contributed by atoms with van der Waals surface area (Å²) in [6.07, 6.45) is 0. The van der Waals surface area contributed by atoms with Crippen LogP contribution in [0, 0.1) is 12.7 Å². The third-order valence-corrected chi connectivity index (χ3v) is 2.45. The fourth-order valence-electron chi connectivity index (χ4n) is 1.66. The Bertz CT molecular complexity index is 343. The lowest BCUT2D eigenvalue weighted by Crippen LogP contribution is -2.24. The van der Waals surface area contributed by atoms with Gasteiger partial charge in [-0.15, -0.1) is 0 Å². The van der Waals surface area contributed by atoms with Gasteiger partial charge in [0.25, 0.3) is 0 Å². The van der Waals surface area contributed by atoms with Crippen molar-refractivity contribution in [2.75, 3.05) is 13.2 Å². The Morgan fingerprint density at radius 1 is 1.29 bits per heavy atom. The Morgan fingerprint density at radius 3 is 2.57 bits per heavy atom. The van der Waals surface area contributed by atoms with Gasteiger partial charge in [-0.3, -0.25) is 0 Å². The first-order valence-corrected chi connectivity index (χ1v) is 4.66. The van der Waals surface area contributed by atoms with E-state index >= 15 is 0 Å². The average Bonchev–Trinajstić information content (AvgIpc) is 2.58. The van der Waals surface area contributed by atoms with Gasteiger partial charge in [0, 0.05) is 5.56 Å². The monoisotopic (exact) mass is 196 g/mol. The van der Waals surface area contributed by atoms with Crippen molar-refractivity contribution in [3.8, 4) is 0 Å².